The Kier molecular flexibility index (Phi) is 7.54. The summed E-state index contributed by atoms with van der Waals surface area (Å²) in [6, 6.07) is 14.2. The number of carbonyl (C=O) groups is 1. The van der Waals surface area contributed by atoms with E-state index in [2.05, 4.69) is 20.4 Å². The molecule has 37 heavy (non-hydrogen) atoms. The summed E-state index contributed by atoms with van der Waals surface area (Å²) in [6.07, 6.45) is 3.29. The third-order valence-corrected chi connectivity index (χ3v) is 8.76. The van der Waals surface area contributed by atoms with E-state index in [0.717, 1.165) is 37.8 Å². The number of piperidine rings is 1. The maximum atomic E-state index is 13.2. The zero-order valence-corrected chi connectivity index (χ0v) is 21.6. The molecular weight excluding hydrogens is 494 g/mol. The van der Waals surface area contributed by atoms with Crippen molar-refractivity contribution < 1.29 is 22.5 Å². The van der Waals surface area contributed by atoms with Crippen LogP contribution in [0, 0.1) is 5.92 Å². The van der Waals surface area contributed by atoms with Gasteiger partial charge >= 0.3 is 0 Å². The standard InChI is InChI=1S/C26H31N5O5S/c1-35-23-12-11-21(37(33,34)31-14-5-6-15-31)16-22(23)27-26(32)20-10-7-13-30(17-20)18-24-28-25(29-36-24)19-8-3-2-4-9-19/h2-4,8-9,11-12,16,20H,5-7,10,13-15,17-18H2,1H3,(H,27,32). The fraction of sp³-hybridized carbons (Fsp3) is 0.423. The van der Waals surface area contributed by atoms with Gasteiger partial charge in [-0.3, -0.25) is 9.69 Å². The van der Waals surface area contributed by atoms with Crippen LogP contribution in [0.1, 0.15) is 31.6 Å². The number of likely N-dealkylation sites (tertiary alicyclic amines) is 1. The van der Waals surface area contributed by atoms with Crippen LogP contribution in [-0.4, -0.2) is 67.0 Å². The SMILES string of the molecule is COc1ccc(S(=O)(=O)N2CCCC2)cc1NC(=O)C1CCCN(Cc2nc(-c3ccccc3)no2)C1. The molecule has 2 aliphatic rings. The first-order chi connectivity index (χ1) is 17.9. The second kappa shape index (κ2) is 11.0. The molecular formula is C26H31N5O5S. The highest BCUT2D eigenvalue weighted by Gasteiger charge is 2.30. The molecule has 0 bridgehead atoms. The van der Waals surface area contributed by atoms with Gasteiger partial charge in [0.2, 0.25) is 27.6 Å². The van der Waals surface area contributed by atoms with E-state index in [1.54, 1.807) is 6.07 Å². The van der Waals surface area contributed by atoms with Crippen molar-refractivity contribution >= 4 is 21.6 Å². The number of methoxy groups -OCH3 is 1. The summed E-state index contributed by atoms with van der Waals surface area (Å²) < 4.78 is 38.4. The summed E-state index contributed by atoms with van der Waals surface area (Å²) >= 11 is 0. The molecule has 1 amide bonds. The molecule has 2 saturated heterocycles. The largest absolute Gasteiger partial charge is 0.495 e. The third-order valence-electron chi connectivity index (χ3n) is 6.87. The second-order valence-electron chi connectivity index (χ2n) is 9.41. The average molecular weight is 526 g/mol. The maximum Gasteiger partial charge on any atom is 0.243 e. The Hall–Kier alpha value is -3.28. The number of rotatable bonds is 8. The molecule has 0 aliphatic carbocycles. The molecule has 1 N–H and O–H groups in total. The van der Waals surface area contributed by atoms with Crippen LogP contribution < -0.4 is 10.1 Å². The Morgan fingerprint density at radius 1 is 1.11 bits per heavy atom. The van der Waals surface area contributed by atoms with Gasteiger partial charge in [-0.2, -0.15) is 9.29 Å². The van der Waals surface area contributed by atoms with Gasteiger partial charge in [-0.05, 0) is 50.4 Å². The van der Waals surface area contributed by atoms with Crippen LogP contribution in [-0.2, 0) is 21.4 Å². The Morgan fingerprint density at radius 3 is 2.65 bits per heavy atom. The number of nitrogens with one attached hydrogen (secondary N) is 1. The number of carbonyl (C=O) groups excluding carboxylic acids is 1. The minimum absolute atomic E-state index is 0.154. The van der Waals surface area contributed by atoms with Crippen molar-refractivity contribution in [2.75, 3.05) is 38.6 Å². The summed E-state index contributed by atoms with van der Waals surface area (Å²) in [5.74, 6) is 1.02. The van der Waals surface area contributed by atoms with Gasteiger partial charge in [0.05, 0.1) is 30.2 Å². The molecule has 0 spiro atoms. The first kappa shape index (κ1) is 25.4. The molecule has 0 radical (unpaired) electrons. The van der Waals surface area contributed by atoms with E-state index < -0.39 is 10.0 Å². The minimum Gasteiger partial charge on any atom is -0.495 e. The summed E-state index contributed by atoms with van der Waals surface area (Å²) in [4.78, 5) is 20.0. The quantitative estimate of drug-likeness (QED) is 0.476. The van der Waals surface area contributed by atoms with Crippen LogP contribution >= 0.6 is 0 Å². The van der Waals surface area contributed by atoms with E-state index in [-0.39, 0.29) is 16.7 Å². The van der Waals surface area contributed by atoms with Gasteiger partial charge in [0, 0.05) is 25.2 Å². The predicted molar refractivity (Wildman–Crippen MR) is 137 cm³/mol. The van der Waals surface area contributed by atoms with E-state index in [1.165, 1.54) is 23.5 Å². The van der Waals surface area contributed by atoms with Crippen molar-refractivity contribution in [3.05, 3.63) is 54.4 Å². The Morgan fingerprint density at radius 2 is 1.89 bits per heavy atom. The molecule has 3 heterocycles. The van der Waals surface area contributed by atoms with Gasteiger partial charge < -0.3 is 14.6 Å². The van der Waals surface area contributed by atoms with Crippen molar-refractivity contribution in [3.8, 4) is 17.1 Å². The summed E-state index contributed by atoms with van der Waals surface area (Å²) in [5, 5.41) is 7.00. The number of sulfonamides is 1. The smallest absolute Gasteiger partial charge is 0.243 e. The van der Waals surface area contributed by atoms with Gasteiger partial charge in [-0.15, -0.1) is 0 Å². The topological polar surface area (TPSA) is 118 Å². The molecule has 3 aromatic rings. The lowest BCUT2D eigenvalue weighted by atomic mass is 9.97. The van der Waals surface area contributed by atoms with Gasteiger partial charge in [-0.1, -0.05) is 35.5 Å². The molecule has 2 aromatic carbocycles. The molecule has 196 valence electrons. The maximum absolute atomic E-state index is 13.2. The Labute approximate surface area is 216 Å². The lowest BCUT2D eigenvalue weighted by molar-refractivity contribution is -0.121. The normalized spacial score (nSPS) is 19.1. The first-order valence-electron chi connectivity index (χ1n) is 12.5. The number of benzene rings is 2. The molecule has 1 unspecified atom stereocenters. The van der Waals surface area contributed by atoms with E-state index in [4.69, 9.17) is 9.26 Å². The van der Waals surface area contributed by atoms with Crippen molar-refractivity contribution in [1.82, 2.24) is 19.3 Å². The number of ether oxygens (including phenoxy) is 1. The number of amides is 1. The van der Waals surface area contributed by atoms with Crippen LogP contribution in [0.4, 0.5) is 5.69 Å². The van der Waals surface area contributed by atoms with Crippen molar-refractivity contribution in [2.24, 2.45) is 5.92 Å². The predicted octanol–water partition coefficient (Wildman–Crippen LogP) is 3.38. The molecule has 5 rings (SSSR count). The monoisotopic (exact) mass is 525 g/mol. The highest BCUT2D eigenvalue weighted by molar-refractivity contribution is 7.89. The van der Waals surface area contributed by atoms with Gasteiger partial charge in [-0.25, -0.2) is 8.42 Å². The Balaban J connectivity index is 1.25. The molecule has 0 saturated carbocycles. The molecule has 11 heteroatoms. The van der Waals surface area contributed by atoms with Crippen LogP contribution in [0.5, 0.6) is 5.75 Å². The number of hydrogen-bond donors (Lipinski definition) is 1. The third kappa shape index (κ3) is 5.68. The summed E-state index contributed by atoms with van der Waals surface area (Å²) in [6.45, 7) is 2.83. The summed E-state index contributed by atoms with van der Waals surface area (Å²) in [7, 11) is -2.12. The van der Waals surface area contributed by atoms with E-state index >= 15 is 0 Å². The number of aromatic nitrogens is 2. The zero-order valence-electron chi connectivity index (χ0n) is 20.8. The van der Waals surface area contributed by atoms with Crippen LogP contribution in [0.15, 0.2) is 57.9 Å². The first-order valence-corrected chi connectivity index (χ1v) is 14.0. The average Bonchev–Trinajstić information content (AvgIpc) is 3.63. The number of hydrogen-bond acceptors (Lipinski definition) is 8. The highest BCUT2D eigenvalue weighted by atomic mass is 32.2. The molecule has 1 atom stereocenters. The van der Waals surface area contributed by atoms with Crippen LogP contribution in [0.25, 0.3) is 11.4 Å². The second-order valence-corrected chi connectivity index (χ2v) is 11.4. The number of nitrogens with zero attached hydrogens (tertiary/aromatic N) is 4. The highest BCUT2D eigenvalue weighted by Crippen LogP contribution is 2.31. The van der Waals surface area contributed by atoms with Gasteiger partial charge in [0.25, 0.3) is 0 Å². The van der Waals surface area contributed by atoms with Crippen molar-refractivity contribution in [3.63, 3.8) is 0 Å². The zero-order chi connectivity index (χ0) is 25.8. The van der Waals surface area contributed by atoms with Gasteiger partial charge in [0.1, 0.15) is 5.75 Å². The lowest BCUT2D eigenvalue weighted by Gasteiger charge is -2.31. The molecule has 1 aromatic heterocycles. The molecule has 2 fully saturated rings. The molecule has 10 nitrogen and oxygen atoms in total. The minimum atomic E-state index is -3.61. The summed E-state index contributed by atoms with van der Waals surface area (Å²) in [5.41, 5.74) is 1.24. The Bertz CT molecular complexity index is 1340. The van der Waals surface area contributed by atoms with Crippen LogP contribution in [0.3, 0.4) is 0 Å². The lowest BCUT2D eigenvalue weighted by Crippen LogP contribution is -2.40. The fourth-order valence-electron chi connectivity index (χ4n) is 4.89. The van der Waals surface area contributed by atoms with E-state index in [1.807, 2.05) is 30.3 Å². The molecule has 2 aliphatic heterocycles. The van der Waals surface area contributed by atoms with Gasteiger partial charge in [0.15, 0.2) is 0 Å². The van der Waals surface area contributed by atoms with E-state index in [9.17, 15) is 13.2 Å². The number of anilines is 1. The fourth-order valence-corrected chi connectivity index (χ4v) is 6.43. The van der Waals surface area contributed by atoms with Crippen molar-refractivity contribution in [1.29, 1.82) is 0 Å². The van der Waals surface area contributed by atoms with Crippen molar-refractivity contribution in [2.45, 2.75) is 37.1 Å². The van der Waals surface area contributed by atoms with E-state index in [0.29, 0.717) is 49.3 Å². The van der Waals surface area contributed by atoms with Crippen LogP contribution in [0.2, 0.25) is 0 Å².